The molecule has 0 amide bonds. The zero-order valence-corrected chi connectivity index (χ0v) is 20.0. The smallest absolute Gasteiger partial charge is 0.459 e. The molecule has 34 heavy (non-hydrogen) atoms. The van der Waals surface area contributed by atoms with Crippen LogP contribution in [0.1, 0.15) is 27.0 Å². The minimum atomic E-state index is -4.19. The lowest BCUT2D eigenvalue weighted by Gasteiger charge is -2.28. The van der Waals surface area contributed by atoms with Crippen LogP contribution in [0.5, 0.6) is 5.75 Å². The highest BCUT2D eigenvalue weighted by atomic mass is 31.2. The molecule has 1 fully saturated rings. The Morgan fingerprint density at radius 3 is 2.53 bits per heavy atom. The summed E-state index contributed by atoms with van der Waals surface area (Å²) in [5.41, 5.74) is -1.26. The van der Waals surface area contributed by atoms with E-state index in [4.69, 9.17) is 13.8 Å². The van der Waals surface area contributed by atoms with Crippen LogP contribution in [0.3, 0.4) is 0 Å². The number of aromatic nitrogens is 2. The van der Waals surface area contributed by atoms with Gasteiger partial charge in [-0.15, -0.1) is 0 Å². The first-order valence-electron chi connectivity index (χ1n) is 10.6. The maximum atomic E-state index is 13.6. The van der Waals surface area contributed by atoms with Crippen molar-refractivity contribution in [1.82, 2.24) is 14.6 Å². The van der Waals surface area contributed by atoms with E-state index >= 15 is 0 Å². The number of para-hydroxylation sites is 1. The summed E-state index contributed by atoms with van der Waals surface area (Å²) >= 11 is 0. The number of carbonyl (C=O) groups excluding carboxylic acids is 1. The number of aliphatic hydroxyl groups is 1. The van der Waals surface area contributed by atoms with Crippen LogP contribution < -0.4 is 20.9 Å². The summed E-state index contributed by atoms with van der Waals surface area (Å²) in [4.78, 5) is 37.6. The molecular weight excluding hydrogens is 469 g/mol. The van der Waals surface area contributed by atoms with E-state index < -0.39 is 61.5 Å². The fraction of sp³-hybridized carbons (Fsp3) is 0.476. The number of nitrogens with one attached hydrogen (secondary N) is 2. The van der Waals surface area contributed by atoms with Gasteiger partial charge in [0.25, 0.3) is 5.56 Å². The summed E-state index contributed by atoms with van der Waals surface area (Å²) in [6, 6.07) is 8.34. The maximum absolute atomic E-state index is 13.6. The Morgan fingerprint density at radius 1 is 1.24 bits per heavy atom. The van der Waals surface area contributed by atoms with Gasteiger partial charge < -0.3 is 19.1 Å². The lowest BCUT2D eigenvalue weighted by atomic mass is 9.99. The van der Waals surface area contributed by atoms with E-state index in [0.29, 0.717) is 0 Å². The number of aliphatic hydroxyl groups excluding tert-OH is 1. The van der Waals surface area contributed by atoms with Gasteiger partial charge in [-0.25, -0.2) is 9.36 Å². The average Bonchev–Trinajstić information content (AvgIpc) is 3.08. The van der Waals surface area contributed by atoms with Crippen LogP contribution in [0.25, 0.3) is 0 Å². The van der Waals surface area contributed by atoms with Crippen molar-refractivity contribution in [3.05, 3.63) is 63.4 Å². The Kier molecular flexibility index (Phi) is 8.11. The Hall–Kier alpha value is -2.76. The standard InChI is InChI=1S/C21H28N3O9P/c1-12-17(26)18(31-19(12)24-11-10-16(25)22-21(24)28)14(3)32-34(29,23-13(2)20(27)30-4)33-15-8-6-5-7-9-15/h5-14,17-19,26H,1-4H3,(H,23,29)(H,22,25,28)/t12-,13-,14?,17-,18+,19+,34?/m0/s1. The van der Waals surface area contributed by atoms with E-state index in [0.717, 1.165) is 10.6 Å². The second kappa shape index (κ2) is 10.7. The minimum absolute atomic E-state index is 0.224. The van der Waals surface area contributed by atoms with Crippen molar-refractivity contribution >= 4 is 13.7 Å². The molecular formula is C21H28N3O9P. The number of hydrogen-bond acceptors (Lipinski definition) is 9. The quantitative estimate of drug-likeness (QED) is 0.339. The van der Waals surface area contributed by atoms with Gasteiger partial charge in [0.1, 0.15) is 24.1 Å². The molecule has 186 valence electrons. The van der Waals surface area contributed by atoms with Gasteiger partial charge in [0, 0.05) is 18.2 Å². The first-order valence-corrected chi connectivity index (χ1v) is 12.1. The van der Waals surface area contributed by atoms with Crippen molar-refractivity contribution in [2.24, 2.45) is 5.92 Å². The molecule has 1 saturated heterocycles. The van der Waals surface area contributed by atoms with E-state index in [1.54, 1.807) is 37.3 Å². The predicted molar refractivity (Wildman–Crippen MR) is 120 cm³/mol. The fourth-order valence-corrected chi connectivity index (χ4v) is 5.31. The molecule has 2 unspecified atom stereocenters. The largest absolute Gasteiger partial charge is 0.468 e. The molecule has 3 N–H and O–H groups in total. The summed E-state index contributed by atoms with van der Waals surface area (Å²) in [6.45, 7) is 4.61. The Bertz CT molecular complexity index is 1150. The molecule has 0 saturated carbocycles. The van der Waals surface area contributed by atoms with Crippen molar-refractivity contribution in [2.75, 3.05) is 7.11 Å². The number of nitrogens with zero attached hydrogens (tertiary/aromatic N) is 1. The molecule has 2 aromatic rings. The highest BCUT2D eigenvalue weighted by molar-refractivity contribution is 7.52. The van der Waals surface area contributed by atoms with Crippen molar-refractivity contribution in [1.29, 1.82) is 0 Å². The third-order valence-electron chi connectivity index (χ3n) is 5.39. The molecule has 3 rings (SSSR count). The average molecular weight is 497 g/mol. The zero-order chi connectivity index (χ0) is 25.0. The van der Waals surface area contributed by atoms with Crippen LogP contribution in [0.4, 0.5) is 0 Å². The van der Waals surface area contributed by atoms with Gasteiger partial charge in [0.2, 0.25) is 0 Å². The van der Waals surface area contributed by atoms with Gasteiger partial charge >= 0.3 is 19.4 Å². The second-order valence-corrected chi connectivity index (χ2v) is 9.59. The molecule has 1 aliphatic heterocycles. The van der Waals surface area contributed by atoms with Crippen molar-refractivity contribution in [2.45, 2.75) is 51.4 Å². The summed E-state index contributed by atoms with van der Waals surface area (Å²) in [6.07, 6.45) is -2.77. The zero-order valence-electron chi connectivity index (χ0n) is 19.1. The molecule has 1 aliphatic rings. The summed E-state index contributed by atoms with van der Waals surface area (Å²) in [7, 11) is -2.99. The first-order chi connectivity index (χ1) is 16.0. The van der Waals surface area contributed by atoms with Gasteiger partial charge in [-0.2, -0.15) is 5.09 Å². The molecule has 7 atom stereocenters. The van der Waals surface area contributed by atoms with Crippen LogP contribution in [0.2, 0.25) is 0 Å². The molecule has 0 spiro atoms. The van der Waals surface area contributed by atoms with Gasteiger partial charge in [0.05, 0.1) is 19.3 Å². The number of methoxy groups -OCH3 is 1. The number of aromatic amines is 1. The third-order valence-corrected chi connectivity index (χ3v) is 7.15. The molecule has 0 radical (unpaired) electrons. The monoisotopic (exact) mass is 497 g/mol. The van der Waals surface area contributed by atoms with Gasteiger partial charge in [-0.1, -0.05) is 25.1 Å². The van der Waals surface area contributed by atoms with Crippen LogP contribution >= 0.6 is 7.75 Å². The van der Waals surface area contributed by atoms with Crippen molar-refractivity contribution in [3.63, 3.8) is 0 Å². The number of rotatable bonds is 9. The van der Waals surface area contributed by atoms with Crippen LogP contribution in [-0.2, 0) is 23.4 Å². The summed E-state index contributed by atoms with van der Waals surface area (Å²) < 4.78 is 36.6. The SMILES string of the molecule is COC(=O)[C@H](C)NP(=O)(Oc1ccccc1)OC(C)[C@H]1O[C@@H](n2ccc(=O)[nH]c2=O)[C@@H](C)[C@@H]1O. The number of ether oxygens (including phenoxy) is 2. The normalized spacial score (nSPS) is 25.8. The Morgan fingerprint density at radius 2 is 1.91 bits per heavy atom. The summed E-state index contributed by atoms with van der Waals surface area (Å²) in [5.74, 6) is -1.03. The minimum Gasteiger partial charge on any atom is -0.468 e. The molecule has 13 heteroatoms. The van der Waals surface area contributed by atoms with E-state index in [1.165, 1.54) is 27.2 Å². The van der Waals surface area contributed by atoms with Gasteiger partial charge in [-0.05, 0) is 26.0 Å². The summed E-state index contributed by atoms with van der Waals surface area (Å²) in [5, 5.41) is 13.3. The van der Waals surface area contributed by atoms with E-state index in [2.05, 4.69) is 14.8 Å². The molecule has 0 aliphatic carbocycles. The maximum Gasteiger partial charge on any atom is 0.459 e. The molecule has 1 aromatic heterocycles. The molecule has 2 heterocycles. The predicted octanol–water partition coefficient (Wildman–Crippen LogP) is 1.17. The lowest BCUT2D eigenvalue weighted by molar-refractivity contribution is -0.142. The first kappa shape index (κ1) is 25.9. The number of benzene rings is 1. The van der Waals surface area contributed by atoms with Crippen LogP contribution in [0.15, 0.2) is 52.2 Å². The van der Waals surface area contributed by atoms with E-state index in [1.807, 2.05) is 0 Å². The number of carbonyl (C=O) groups is 1. The second-order valence-electron chi connectivity index (χ2n) is 7.94. The number of H-pyrrole nitrogens is 1. The highest BCUT2D eigenvalue weighted by Crippen LogP contribution is 2.48. The van der Waals surface area contributed by atoms with Crippen molar-refractivity contribution in [3.8, 4) is 5.75 Å². The molecule has 1 aromatic carbocycles. The Labute approximate surface area is 195 Å². The van der Waals surface area contributed by atoms with E-state index in [-0.39, 0.29) is 5.75 Å². The van der Waals surface area contributed by atoms with Gasteiger partial charge in [-0.3, -0.25) is 23.7 Å². The van der Waals surface area contributed by atoms with Crippen LogP contribution in [0, 0.1) is 5.92 Å². The number of hydrogen-bond donors (Lipinski definition) is 3. The van der Waals surface area contributed by atoms with Gasteiger partial charge in [0.15, 0.2) is 0 Å². The van der Waals surface area contributed by atoms with Crippen LogP contribution in [-0.4, -0.2) is 52.1 Å². The molecule has 0 bridgehead atoms. The highest BCUT2D eigenvalue weighted by Gasteiger charge is 2.47. The fourth-order valence-electron chi connectivity index (χ4n) is 3.61. The topological polar surface area (TPSA) is 158 Å². The molecule has 12 nitrogen and oxygen atoms in total. The third kappa shape index (κ3) is 5.83. The number of esters is 1. The Balaban J connectivity index is 1.82. The lowest BCUT2D eigenvalue weighted by Crippen LogP contribution is -2.39. The van der Waals surface area contributed by atoms with Crippen molar-refractivity contribution < 1.29 is 33.0 Å². The van der Waals surface area contributed by atoms with E-state index in [9.17, 15) is 24.1 Å².